The summed E-state index contributed by atoms with van der Waals surface area (Å²) in [6, 6.07) is 10.1. The van der Waals surface area contributed by atoms with Crippen LogP contribution >= 0.6 is 0 Å². The third kappa shape index (κ3) is 3.00. The second kappa shape index (κ2) is 5.39. The number of sulfone groups is 1. The molecule has 20 heavy (non-hydrogen) atoms. The second-order valence-corrected chi connectivity index (χ2v) is 6.10. The molecule has 0 spiro atoms. The van der Waals surface area contributed by atoms with Crippen molar-refractivity contribution in [1.82, 2.24) is 0 Å². The van der Waals surface area contributed by atoms with Gasteiger partial charge in [-0.05, 0) is 35.9 Å². The van der Waals surface area contributed by atoms with Crippen molar-refractivity contribution >= 4 is 9.84 Å². The van der Waals surface area contributed by atoms with Gasteiger partial charge in [-0.1, -0.05) is 12.1 Å². The molecule has 2 aromatic rings. The lowest BCUT2D eigenvalue weighted by Gasteiger charge is -2.06. The number of hydrogen-bond acceptors (Lipinski definition) is 3. The molecular weight excluding hydrogens is 284 g/mol. The summed E-state index contributed by atoms with van der Waals surface area (Å²) in [6.45, 7) is 0. The maximum absolute atomic E-state index is 13.5. The molecule has 0 radical (unpaired) electrons. The van der Waals surface area contributed by atoms with Crippen molar-refractivity contribution in [2.45, 2.75) is 10.6 Å². The Morgan fingerprint density at radius 1 is 1.05 bits per heavy atom. The van der Waals surface area contributed by atoms with E-state index in [4.69, 9.17) is 5.26 Å². The third-order valence-corrected chi connectivity index (χ3v) is 4.36. The standard InChI is InChI=1S/C14H9F2NO2S/c15-12-5-6-13(16)14(7-12)20(18,19)9-11-3-1-10(8-17)2-4-11/h1-7H,9H2. The van der Waals surface area contributed by atoms with Crippen LogP contribution in [-0.2, 0) is 15.6 Å². The van der Waals surface area contributed by atoms with E-state index in [1.807, 2.05) is 6.07 Å². The van der Waals surface area contributed by atoms with Crippen LogP contribution in [-0.4, -0.2) is 8.42 Å². The summed E-state index contributed by atoms with van der Waals surface area (Å²) in [5.74, 6) is -2.26. The molecule has 0 amide bonds. The molecule has 0 N–H and O–H groups in total. The van der Waals surface area contributed by atoms with E-state index in [0.717, 1.165) is 12.1 Å². The van der Waals surface area contributed by atoms with Crippen LogP contribution < -0.4 is 0 Å². The summed E-state index contributed by atoms with van der Waals surface area (Å²) < 4.78 is 50.7. The first-order chi connectivity index (χ1) is 9.42. The van der Waals surface area contributed by atoms with E-state index < -0.39 is 32.1 Å². The molecule has 0 aromatic heterocycles. The number of nitrogens with zero attached hydrogens (tertiary/aromatic N) is 1. The van der Waals surface area contributed by atoms with E-state index >= 15 is 0 Å². The van der Waals surface area contributed by atoms with E-state index in [1.54, 1.807) is 0 Å². The first-order valence-electron chi connectivity index (χ1n) is 5.59. The van der Waals surface area contributed by atoms with Crippen molar-refractivity contribution in [3.8, 4) is 6.07 Å². The van der Waals surface area contributed by atoms with E-state index in [-0.39, 0.29) is 0 Å². The van der Waals surface area contributed by atoms with Crippen LogP contribution in [0.3, 0.4) is 0 Å². The van der Waals surface area contributed by atoms with Crippen LogP contribution in [0.5, 0.6) is 0 Å². The minimum Gasteiger partial charge on any atom is -0.223 e. The molecule has 0 fully saturated rings. The zero-order chi connectivity index (χ0) is 14.8. The van der Waals surface area contributed by atoms with Crippen LogP contribution in [0, 0.1) is 23.0 Å². The molecule has 0 bridgehead atoms. The number of benzene rings is 2. The van der Waals surface area contributed by atoms with Crippen LogP contribution in [0.2, 0.25) is 0 Å². The van der Waals surface area contributed by atoms with Crippen LogP contribution in [0.1, 0.15) is 11.1 Å². The van der Waals surface area contributed by atoms with E-state index in [2.05, 4.69) is 0 Å². The van der Waals surface area contributed by atoms with Gasteiger partial charge in [-0.3, -0.25) is 0 Å². The van der Waals surface area contributed by atoms with Gasteiger partial charge >= 0.3 is 0 Å². The Morgan fingerprint density at radius 2 is 1.70 bits per heavy atom. The smallest absolute Gasteiger partial charge is 0.185 e. The van der Waals surface area contributed by atoms with Gasteiger partial charge < -0.3 is 0 Å². The quantitative estimate of drug-likeness (QED) is 0.874. The number of halogens is 2. The molecule has 0 aliphatic rings. The SMILES string of the molecule is N#Cc1ccc(CS(=O)(=O)c2cc(F)ccc2F)cc1. The number of hydrogen-bond donors (Lipinski definition) is 0. The summed E-state index contributed by atoms with van der Waals surface area (Å²) in [4.78, 5) is -0.665. The highest BCUT2D eigenvalue weighted by Crippen LogP contribution is 2.21. The van der Waals surface area contributed by atoms with Gasteiger partial charge in [-0.2, -0.15) is 5.26 Å². The van der Waals surface area contributed by atoms with E-state index in [0.29, 0.717) is 17.2 Å². The van der Waals surface area contributed by atoms with Crippen molar-refractivity contribution < 1.29 is 17.2 Å². The zero-order valence-electron chi connectivity index (χ0n) is 10.2. The van der Waals surface area contributed by atoms with Gasteiger partial charge in [-0.15, -0.1) is 0 Å². The molecule has 0 atom stereocenters. The summed E-state index contributed by atoms with van der Waals surface area (Å²) in [5.41, 5.74) is 0.788. The van der Waals surface area contributed by atoms with Gasteiger partial charge in [0.25, 0.3) is 0 Å². The fourth-order valence-corrected chi connectivity index (χ4v) is 3.13. The van der Waals surface area contributed by atoms with E-state index in [1.165, 1.54) is 24.3 Å². The lowest BCUT2D eigenvalue weighted by Crippen LogP contribution is -2.07. The van der Waals surface area contributed by atoms with Crippen molar-refractivity contribution in [2.24, 2.45) is 0 Å². The van der Waals surface area contributed by atoms with Gasteiger partial charge in [0.2, 0.25) is 0 Å². The Morgan fingerprint density at radius 3 is 2.30 bits per heavy atom. The van der Waals surface area contributed by atoms with Gasteiger partial charge in [0, 0.05) is 0 Å². The number of rotatable bonds is 3. The fourth-order valence-electron chi connectivity index (χ4n) is 1.69. The highest BCUT2D eigenvalue weighted by atomic mass is 32.2. The second-order valence-electron chi connectivity index (χ2n) is 4.14. The van der Waals surface area contributed by atoms with Gasteiger partial charge in [0.15, 0.2) is 9.84 Å². The monoisotopic (exact) mass is 293 g/mol. The highest BCUT2D eigenvalue weighted by molar-refractivity contribution is 7.90. The van der Waals surface area contributed by atoms with Crippen molar-refractivity contribution in [3.05, 3.63) is 65.2 Å². The molecule has 0 saturated heterocycles. The molecule has 3 nitrogen and oxygen atoms in total. The average Bonchev–Trinajstić information content (AvgIpc) is 2.42. The predicted octanol–water partition coefficient (Wildman–Crippen LogP) is 2.81. The third-order valence-electron chi connectivity index (χ3n) is 2.67. The van der Waals surface area contributed by atoms with Crippen molar-refractivity contribution in [1.29, 1.82) is 5.26 Å². The lowest BCUT2D eigenvalue weighted by atomic mass is 10.2. The Labute approximate surface area is 115 Å². The van der Waals surface area contributed by atoms with Crippen molar-refractivity contribution in [2.75, 3.05) is 0 Å². The fraction of sp³-hybridized carbons (Fsp3) is 0.0714. The molecule has 0 aliphatic heterocycles. The molecule has 0 aliphatic carbocycles. The Hall–Kier alpha value is -2.26. The maximum Gasteiger partial charge on any atom is 0.185 e. The molecule has 2 rings (SSSR count). The molecule has 0 saturated carbocycles. The topological polar surface area (TPSA) is 57.9 Å². The largest absolute Gasteiger partial charge is 0.223 e. The van der Waals surface area contributed by atoms with Crippen LogP contribution in [0.25, 0.3) is 0 Å². The first-order valence-corrected chi connectivity index (χ1v) is 7.24. The van der Waals surface area contributed by atoms with Gasteiger partial charge in [0.1, 0.15) is 16.5 Å². The lowest BCUT2D eigenvalue weighted by molar-refractivity contribution is 0.553. The molecule has 6 heteroatoms. The normalized spacial score (nSPS) is 11.1. The summed E-state index contributed by atoms with van der Waals surface area (Å²) >= 11 is 0. The molecule has 102 valence electrons. The van der Waals surface area contributed by atoms with Crippen molar-refractivity contribution in [3.63, 3.8) is 0 Å². The summed E-state index contributed by atoms with van der Waals surface area (Å²) in [7, 11) is -3.98. The van der Waals surface area contributed by atoms with Crippen LogP contribution in [0.15, 0.2) is 47.4 Å². The molecule has 0 heterocycles. The van der Waals surface area contributed by atoms with Crippen LogP contribution in [0.4, 0.5) is 8.78 Å². The minimum atomic E-state index is -3.98. The van der Waals surface area contributed by atoms with Gasteiger partial charge in [0.05, 0.1) is 17.4 Å². The molecule has 2 aromatic carbocycles. The summed E-state index contributed by atoms with van der Waals surface area (Å²) in [6.07, 6.45) is 0. The maximum atomic E-state index is 13.5. The summed E-state index contributed by atoms with van der Waals surface area (Å²) in [5, 5.41) is 8.65. The zero-order valence-corrected chi connectivity index (χ0v) is 11.0. The Kier molecular flexibility index (Phi) is 3.81. The average molecular weight is 293 g/mol. The Bertz CT molecular complexity index is 778. The molecule has 0 unspecified atom stereocenters. The number of nitriles is 1. The van der Waals surface area contributed by atoms with Gasteiger partial charge in [-0.25, -0.2) is 17.2 Å². The van der Waals surface area contributed by atoms with E-state index in [9.17, 15) is 17.2 Å². The molecular formula is C14H9F2NO2S. The highest BCUT2D eigenvalue weighted by Gasteiger charge is 2.20. The predicted molar refractivity (Wildman–Crippen MR) is 68.4 cm³/mol. The first kappa shape index (κ1) is 14.2. The minimum absolute atomic E-state index is 0.392. The Balaban J connectivity index is 2.35.